The average Bonchev–Trinajstić information content (AvgIpc) is 3.00. The van der Waals surface area contributed by atoms with Crippen LogP contribution in [-0.2, 0) is 4.79 Å². The van der Waals surface area contributed by atoms with Crippen LogP contribution < -0.4 is 4.74 Å². The van der Waals surface area contributed by atoms with E-state index in [1.165, 1.54) is 0 Å². The number of rotatable bonds is 4. The lowest BCUT2D eigenvalue weighted by atomic mass is 10.0. The van der Waals surface area contributed by atoms with Crippen molar-refractivity contribution >= 4 is 22.6 Å². The molecule has 0 aliphatic carbocycles. The van der Waals surface area contributed by atoms with Crippen molar-refractivity contribution in [3.63, 3.8) is 0 Å². The molecule has 1 saturated heterocycles. The molecule has 120 valence electrons. The molecule has 1 N–H and O–H groups in total. The Hall–Kier alpha value is -2.56. The van der Waals surface area contributed by atoms with Gasteiger partial charge in [-0.05, 0) is 30.4 Å². The van der Waals surface area contributed by atoms with Crippen LogP contribution in [0.1, 0.15) is 29.6 Å². The van der Waals surface area contributed by atoms with Crippen LogP contribution in [0.25, 0.3) is 10.8 Å². The molecule has 3 rings (SSSR count). The third kappa shape index (κ3) is 2.86. The fourth-order valence-corrected chi connectivity index (χ4v) is 3.31. The number of hydrogen-bond donors (Lipinski definition) is 1. The van der Waals surface area contributed by atoms with Crippen LogP contribution in [0.2, 0.25) is 0 Å². The first-order valence-corrected chi connectivity index (χ1v) is 7.70. The van der Waals surface area contributed by atoms with Gasteiger partial charge in [0.1, 0.15) is 5.75 Å². The fourth-order valence-electron chi connectivity index (χ4n) is 3.31. The lowest BCUT2D eigenvalue weighted by molar-refractivity contribution is -0.137. The summed E-state index contributed by atoms with van der Waals surface area (Å²) in [5, 5.41) is 10.7. The first-order valence-electron chi connectivity index (χ1n) is 7.70. The van der Waals surface area contributed by atoms with Gasteiger partial charge >= 0.3 is 5.97 Å². The number of nitrogens with zero attached hydrogens (tertiary/aromatic N) is 1. The maximum atomic E-state index is 12.9. The van der Waals surface area contributed by atoms with Crippen LogP contribution in [0.4, 0.5) is 0 Å². The summed E-state index contributed by atoms with van der Waals surface area (Å²) in [4.78, 5) is 25.6. The van der Waals surface area contributed by atoms with Crippen LogP contribution in [-0.4, -0.2) is 41.6 Å². The van der Waals surface area contributed by atoms with Crippen molar-refractivity contribution in [2.45, 2.75) is 25.3 Å². The quantitative estimate of drug-likeness (QED) is 0.942. The van der Waals surface area contributed by atoms with Crippen molar-refractivity contribution in [1.29, 1.82) is 0 Å². The van der Waals surface area contributed by atoms with E-state index >= 15 is 0 Å². The van der Waals surface area contributed by atoms with Gasteiger partial charge in [-0.3, -0.25) is 9.59 Å². The molecule has 0 saturated carbocycles. The minimum Gasteiger partial charge on any atom is -0.496 e. The van der Waals surface area contributed by atoms with Gasteiger partial charge in [-0.2, -0.15) is 0 Å². The zero-order chi connectivity index (χ0) is 16.4. The van der Waals surface area contributed by atoms with Gasteiger partial charge < -0.3 is 14.7 Å². The Kier molecular flexibility index (Phi) is 4.19. The lowest BCUT2D eigenvalue weighted by Gasteiger charge is -2.24. The Bertz CT molecular complexity index is 756. The van der Waals surface area contributed by atoms with Gasteiger partial charge in [0, 0.05) is 23.5 Å². The second kappa shape index (κ2) is 6.28. The highest BCUT2D eigenvalue weighted by atomic mass is 16.5. The number of amides is 1. The molecule has 23 heavy (non-hydrogen) atoms. The highest BCUT2D eigenvalue weighted by Gasteiger charge is 2.31. The zero-order valence-corrected chi connectivity index (χ0v) is 13.0. The van der Waals surface area contributed by atoms with Crippen molar-refractivity contribution in [1.82, 2.24) is 4.90 Å². The molecule has 1 heterocycles. The molecule has 1 fully saturated rings. The molecule has 1 aliphatic heterocycles. The normalized spacial score (nSPS) is 17.4. The molecule has 5 heteroatoms. The maximum absolute atomic E-state index is 12.9. The van der Waals surface area contributed by atoms with E-state index in [1.54, 1.807) is 24.1 Å². The summed E-state index contributed by atoms with van der Waals surface area (Å²) in [5.41, 5.74) is 0.596. The largest absolute Gasteiger partial charge is 0.496 e. The van der Waals surface area contributed by atoms with Gasteiger partial charge in [-0.15, -0.1) is 0 Å². The molecule has 5 nitrogen and oxygen atoms in total. The smallest absolute Gasteiger partial charge is 0.305 e. The number of carbonyl (C=O) groups excluding carboxylic acids is 1. The highest BCUT2D eigenvalue weighted by molar-refractivity contribution is 6.08. The van der Waals surface area contributed by atoms with Crippen LogP contribution >= 0.6 is 0 Å². The molecule has 2 aromatic rings. The number of carbonyl (C=O) groups is 2. The summed E-state index contributed by atoms with van der Waals surface area (Å²) in [5.74, 6) is -0.248. The Balaban J connectivity index is 2.00. The number of ether oxygens (including phenoxy) is 1. The lowest BCUT2D eigenvalue weighted by Crippen LogP contribution is -2.36. The van der Waals surface area contributed by atoms with Crippen molar-refractivity contribution < 1.29 is 19.4 Å². The first kappa shape index (κ1) is 15.3. The molecule has 2 aromatic carbocycles. The van der Waals surface area contributed by atoms with Gasteiger partial charge in [0.15, 0.2) is 0 Å². The van der Waals surface area contributed by atoms with Crippen LogP contribution in [0.15, 0.2) is 36.4 Å². The van der Waals surface area contributed by atoms with E-state index in [-0.39, 0.29) is 18.4 Å². The molecule has 1 unspecified atom stereocenters. The summed E-state index contributed by atoms with van der Waals surface area (Å²) in [6.07, 6.45) is 1.59. The van der Waals surface area contributed by atoms with Gasteiger partial charge in [-0.25, -0.2) is 0 Å². The third-order valence-corrected chi connectivity index (χ3v) is 4.38. The molecule has 0 radical (unpaired) electrons. The minimum absolute atomic E-state index is 0.000171. The fraction of sp³-hybridized carbons (Fsp3) is 0.333. The summed E-state index contributed by atoms with van der Waals surface area (Å²) >= 11 is 0. The molecule has 1 aliphatic rings. The van der Waals surface area contributed by atoms with E-state index in [0.29, 0.717) is 12.1 Å². The summed E-state index contributed by atoms with van der Waals surface area (Å²) < 4.78 is 5.36. The number of hydrogen-bond acceptors (Lipinski definition) is 3. The van der Waals surface area contributed by atoms with E-state index in [4.69, 9.17) is 9.84 Å². The van der Waals surface area contributed by atoms with E-state index in [9.17, 15) is 9.59 Å². The molecular weight excluding hydrogens is 294 g/mol. The number of likely N-dealkylation sites (tertiary alicyclic amines) is 1. The predicted octanol–water partition coefficient (Wildman–Crippen LogP) is 2.93. The molecular formula is C18H19NO4. The van der Waals surface area contributed by atoms with Crippen LogP contribution in [0, 0.1) is 0 Å². The van der Waals surface area contributed by atoms with Gasteiger partial charge in [-0.1, -0.05) is 24.3 Å². The number of carboxylic acids is 1. The third-order valence-electron chi connectivity index (χ3n) is 4.38. The monoisotopic (exact) mass is 313 g/mol. The highest BCUT2D eigenvalue weighted by Crippen LogP contribution is 2.31. The molecule has 0 aromatic heterocycles. The summed E-state index contributed by atoms with van der Waals surface area (Å²) in [6.45, 7) is 0.608. The van der Waals surface area contributed by atoms with E-state index in [0.717, 1.165) is 29.4 Å². The number of methoxy groups -OCH3 is 1. The Morgan fingerprint density at radius 1 is 1.22 bits per heavy atom. The molecule has 1 atom stereocenters. The van der Waals surface area contributed by atoms with E-state index in [1.807, 2.05) is 24.3 Å². The molecule has 0 bridgehead atoms. The van der Waals surface area contributed by atoms with Crippen molar-refractivity contribution in [2.24, 2.45) is 0 Å². The Labute approximate surface area is 134 Å². The first-order chi connectivity index (χ1) is 11.1. The van der Waals surface area contributed by atoms with E-state index in [2.05, 4.69) is 0 Å². The van der Waals surface area contributed by atoms with Gasteiger partial charge in [0.25, 0.3) is 5.91 Å². The minimum atomic E-state index is -0.866. The predicted molar refractivity (Wildman–Crippen MR) is 86.8 cm³/mol. The second-order valence-corrected chi connectivity index (χ2v) is 5.75. The number of fused-ring (bicyclic) bond motifs is 1. The molecule has 0 spiro atoms. The van der Waals surface area contributed by atoms with Crippen LogP contribution in [0.5, 0.6) is 5.75 Å². The van der Waals surface area contributed by atoms with Crippen LogP contribution in [0.3, 0.4) is 0 Å². The number of aliphatic carboxylic acids is 1. The van der Waals surface area contributed by atoms with Gasteiger partial charge in [0.05, 0.1) is 13.5 Å². The SMILES string of the molecule is COc1ccc(C(=O)N2CCCC2CC(=O)O)c2ccccc12. The Morgan fingerprint density at radius 3 is 2.65 bits per heavy atom. The maximum Gasteiger partial charge on any atom is 0.305 e. The Morgan fingerprint density at radius 2 is 1.96 bits per heavy atom. The standard InChI is InChI=1S/C18H19NO4/c1-23-16-9-8-15(13-6-2-3-7-14(13)16)18(22)19-10-4-5-12(19)11-17(20)21/h2-3,6-9,12H,4-5,10-11H2,1H3,(H,20,21). The number of benzene rings is 2. The van der Waals surface area contributed by atoms with Crippen molar-refractivity contribution in [2.75, 3.05) is 13.7 Å². The van der Waals surface area contributed by atoms with Crippen molar-refractivity contribution in [3.8, 4) is 5.75 Å². The van der Waals surface area contributed by atoms with Gasteiger partial charge in [0.2, 0.25) is 0 Å². The number of carboxylic acid groups (broad SMARTS) is 1. The molecule has 1 amide bonds. The average molecular weight is 313 g/mol. The van der Waals surface area contributed by atoms with E-state index < -0.39 is 5.97 Å². The zero-order valence-electron chi connectivity index (χ0n) is 13.0. The summed E-state index contributed by atoms with van der Waals surface area (Å²) in [7, 11) is 1.60. The summed E-state index contributed by atoms with van der Waals surface area (Å²) in [6, 6.07) is 10.9. The topological polar surface area (TPSA) is 66.8 Å². The second-order valence-electron chi connectivity index (χ2n) is 5.75. The van der Waals surface area contributed by atoms with Crippen molar-refractivity contribution in [3.05, 3.63) is 42.0 Å².